The third-order valence-electron chi connectivity index (χ3n) is 5.64. The Bertz CT molecular complexity index is 777. The van der Waals surface area contributed by atoms with E-state index in [1.165, 1.54) is 21.6 Å². The van der Waals surface area contributed by atoms with Gasteiger partial charge in [0.2, 0.25) is 5.91 Å². The molecule has 1 saturated carbocycles. The SMILES string of the molecule is CSc1ccc(-c2cccc(CN3CCC(NC(=O)C4CC4)CC3)c2)cc1. The van der Waals surface area contributed by atoms with Crippen molar-refractivity contribution in [2.75, 3.05) is 19.3 Å². The maximum absolute atomic E-state index is 11.9. The van der Waals surface area contributed by atoms with Crippen LogP contribution in [0.4, 0.5) is 0 Å². The lowest BCUT2D eigenvalue weighted by Gasteiger charge is -2.32. The van der Waals surface area contributed by atoms with Crippen LogP contribution in [-0.2, 0) is 11.3 Å². The smallest absolute Gasteiger partial charge is 0.223 e. The van der Waals surface area contributed by atoms with Gasteiger partial charge in [-0.2, -0.15) is 0 Å². The Morgan fingerprint density at radius 1 is 1.04 bits per heavy atom. The van der Waals surface area contributed by atoms with Gasteiger partial charge in [-0.05, 0) is 66.8 Å². The highest BCUT2D eigenvalue weighted by molar-refractivity contribution is 7.98. The molecular weight excluding hydrogens is 352 g/mol. The monoisotopic (exact) mass is 380 g/mol. The van der Waals surface area contributed by atoms with E-state index in [-0.39, 0.29) is 5.91 Å². The molecule has 1 N–H and O–H groups in total. The number of rotatable bonds is 6. The maximum atomic E-state index is 11.9. The summed E-state index contributed by atoms with van der Waals surface area (Å²) in [4.78, 5) is 15.7. The molecule has 1 saturated heterocycles. The van der Waals surface area contributed by atoms with E-state index >= 15 is 0 Å². The van der Waals surface area contributed by atoms with Gasteiger partial charge in [-0.3, -0.25) is 9.69 Å². The first kappa shape index (κ1) is 18.6. The van der Waals surface area contributed by atoms with Crippen LogP contribution >= 0.6 is 11.8 Å². The molecule has 1 aliphatic carbocycles. The lowest BCUT2D eigenvalue weighted by molar-refractivity contribution is -0.123. The number of amides is 1. The van der Waals surface area contributed by atoms with Crippen molar-refractivity contribution >= 4 is 17.7 Å². The number of nitrogens with zero attached hydrogens (tertiary/aromatic N) is 1. The third-order valence-corrected chi connectivity index (χ3v) is 6.38. The molecule has 4 rings (SSSR count). The Balaban J connectivity index is 1.32. The summed E-state index contributed by atoms with van der Waals surface area (Å²) in [5.41, 5.74) is 3.92. The Labute approximate surface area is 166 Å². The van der Waals surface area contributed by atoms with Crippen LogP contribution in [0, 0.1) is 5.92 Å². The van der Waals surface area contributed by atoms with E-state index < -0.39 is 0 Å². The van der Waals surface area contributed by atoms with Gasteiger partial charge in [0.25, 0.3) is 0 Å². The molecule has 0 spiro atoms. The zero-order valence-corrected chi connectivity index (χ0v) is 16.8. The van der Waals surface area contributed by atoms with Crippen molar-refractivity contribution < 1.29 is 4.79 Å². The molecule has 0 atom stereocenters. The summed E-state index contributed by atoms with van der Waals surface area (Å²) in [5, 5.41) is 3.24. The molecule has 2 aromatic rings. The molecule has 2 aromatic carbocycles. The molecule has 27 heavy (non-hydrogen) atoms. The van der Waals surface area contributed by atoms with Gasteiger partial charge in [0.05, 0.1) is 0 Å². The Kier molecular flexibility index (Phi) is 5.84. The fraction of sp³-hybridized carbons (Fsp3) is 0.435. The second-order valence-electron chi connectivity index (χ2n) is 7.76. The standard InChI is InChI=1S/C23H28N2OS/c1-27-22-9-7-18(8-10-22)20-4-2-3-17(15-20)16-25-13-11-21(12-14-25)24-23(26)19-5-6-19/h2-4,7-10,15,19,21H,5-6,11-14,16H2,1H3,(H,24,26). The van der Waals surface area contributed by atoms with Gasteiger partial charge in [0.1, 0.15) is 0 Å². The molecule has 1 heterocycles. The van der Waals surface area contributed by atoms with Gasteiger partial charge in [-0.25, -0.2) is 0 Å². The first-order chi connectivity index (χ1) is 13.2. The molecule has 0 radical (unpaired) electrons. The number of benzene rings is 2. The predicted molar refractivity (Wildman–Crippen MR) is 113 cm³/mol. The van der Waals surface area contributed by atoms with Crippen LogP contribution in [0.5, 0.6) is 0 Å². The van der Waals surface area contributed by atoms with Gasteiger partial charge < -0.3 is 5.32 Å². The largest absolute Gasteiger partial charge is 0.353 e. The molecule has 1 amide bonds. The average Bonchev–Trinajstić information content (AvgIpc) is 3.55. The summed E-state index contributed by atoms with van der Waals surface area (Å²) >= 11 is 1.77. The number of piperidine rings is 1. The number of hydrogen-bond donors (Lipinski definition) is 1. The maximum Gasteiger partial charge on any atom is 0.223 e. The van der Waals surface area contributed by atoms with Crippen LogP contribution in [-0.4, -0.2) is 36.2 Å². The lowest BCUT2D eigenvalue weighted by atomic mass is 10.0. The zero-order valence-electron chi connectivity index (χ0n) is 16.0. The molecule has 0 unspecified atom stereocenters. The van der Waals surface area contributed by atoms with Crippen LogP contribution in [0.1, 0.15) is 31.2 Å². The summed E-state index contributed by atoms with van der Waals surface area (Å²) < 4.78 is 0. The molecule has 4 heteroatoms. The minimum absolute atomic E-state index is 0.286. The number of thioether (sulfide) groups is 1. The number of carbonyl (C=O) groups excluding carboxylic acids is 1. The van der Waals surface area contributed by atoms with Crippen LogP contribution < -0.4 is 5.32 Å². The highest BCUT2D eigenvalue weighted by Crippen LogP contribution is 2.29. The molecule has 3 nitrogen and oxygen atoms in total. The van der Waals surface area contributed by atoms with E-state index in [1.807, 2.05) is 0 Å². The van der Waals surface area contributed by atoms with Crippen LogP contribution in [0.3, 0.4) is 0 Å². The first-order valence-electron chi connectivity index (χ1n) is 9.97. The summed E-state index contributed by atoms with van der Waals surface area (Å²) in [5.74, 6) is 0.601. The van der Waals surface area contributed by atoms with Gasteiger partial charge in [0, 0.05) is 36.5 Å². The second kappa shape index (κ2) is 8.49. The zero-order chi connectivity index (χ0) is 18.6. The van der Waals surface area contributed by atoms with E-state index in [0.717, 1.165) is 45.3 Å². The molecule has 142 valence electrons. The van der Waals surface area contributed by atoms with Crippen molar-refractivity contribution in [3.8, 4) is 11.1 Å². The van der Waals surface area contributed by atoms with E-state index in [1.54, 1.807) is 11.8 Å². The average molecular weight is 381 g/mol. The van der Waals surface area contributed by atoms with Crippen molar-refractivity contribution in [1.29, 1.82) is 0 Å². The minimum atomic E-state index is 0.286. The Morgan fingerprint density at radius 2 is 1.78 bits per heavy atom. The van der Waals surface area contributed by atoms with Crippen molar-refractivity contribution in [1.82, 2.24) is 10.2 Å². The topological polar surface area (TPSA) is 32.3 Å². The highest BCUT2D eigenvalue weighted by atomic mass is 32.2. The fourth-order valence-corrected chi connectivity index (χ4v) is 4.20. The lowest BCUT2D eigenvalue weighted by Crippen LogP contribution is -2.44. The van der Waals surface area contributed by atoms with Gasteiger partial charge in [0.15, 0.2) is 0 Å². The van der Waals surface area contributed by atoms with Gasteiger partial charge in [-0.1, -0.05) is 30.3 Å². The quantitative estimate of drug-likeness (QED) is 0.745. The van der Waals surface area contributed by atoms with E-state index in [2.05, 4.69) is 65.0 Å². The fourth-order valence-electron chi connectivity index (χ4n) is 3.79. The number of nitrogens with one attached hydrogen (secondary N) is 1. The first-order valence-corrected chi connectivity index (χ1v) is 11.2. The molecule has 2 fully saturated rings. The third kappa shape index (κ3) is 4.94. The number of likely N-dealkylation sites (tertiary alicyclic amines) is 1. The van der Waals surface area contributed by atoms with Crippen LogP contribution in [0.25, 0.3) is 11.1 Å². The van der Waals surface area contributed by atoms with Crippen molar-refractivity contribution in [2.24, 2.45) is 5.92 Å². The Morgan fingerprint density at radius 3 is 2.44 bits per heavy atom. The minimum Gasteiger partial charge on any atom is -0.353 e. The number of hydrogen-bond acceptors (Lipinski definition) is 3. The molecule has 0 aromatic heterocycles. The van der Waals surface area contributed by atoms with Crippen molar-refractivity contribution in [3.05, 3.63) is 54.1 Å². The predicted octanol–water partition coefficient (Wildman–Crippen LogP) is 4.57. The molecule has 0 bridgehead atoms. The summed E-state index contributed by atoms with van der Waals surface area (Å²) in [6.45, 7) is 3.10. The summed E-state index contributed by atoms with van der Waals surface area (Å²) in [6, 6.07) is 18.1. The normalized spacial score (nSPS) is 18.4. The summed E-state index contributed by atoms with van der Waals surface area (Å²) in [7, 11) is 0. The van der Waals surface area contributed by atoms with Crippen LogP contribution in [0.15, 0.2) is 53.4 Å². The molecule has 2 aliphatic rings. The van der Waals surface area contributed by atoms with E-state index in [9.17, 15) is 4.79 Å². The van der Waals surface area contributed by atoms with E-state index in [0.29, 0.717) is 12.0 Å². The second-order valence-corrected chi connectivity index (χ2v) is 8.64. The summed E-state index contributed by atoms with van der Waals surface area (Å²) in [6.07, 6.45) is 6.40. The van der Waals surface area contributed by atoms with Gasteiger partial charge >= 0.3 is 0 Å². The van der Waals surface area contributed by atoms with Crippen LogP contribution in [0.2, 0.25) is 0 Å². The Hall–Kier alpha value is -1.78. The van der Waals surface area contributed by atoms with Crippen molar-refractivity contribution in [2.45, 2.75) is 43.2 Å². The molecule has 1 aliphatic heterocycles. The number of carbonyl (C=O) groups is 1. The molecular formula is C23H28N2OS. The van der Waals surface area contributed by atoms with E-state index in [4.69, 9.17) is 0 Å². The van der Waals surface area contributed by atoms with Gasteiger partial charge in [-0.15, -0.1) is 11.8 Å². The van der Waals surface area contributed by atoms with Crippen molar-refractivity contribution in [3.63, 3.8) is 0 Å². The highest BCUT2D eigenvalue weighted by Gasteiger charge is 2.31.